The Balaban J connectivity index is 1.25. The summed E-state index contributed by atoms with van der Waals surface area (Å²) in [4.78, 5) is 10.3. The molecule has 6 nitrogen and oxygen atoms in total. The van der Waals surface area contributed by atoms with E-state index in [0.29, 0.717) is 0 Å². The number of aromatic amines is 1. The molecule has 6 heteroatoms. The second-order valence-electron chi connectivity index (χ2n) is 15.3. The second kappa shape index (κ2) is 11.5. The van der Waals surface area contributed by atoms with Gasteiger partial charge in [0.25, 0.3) is 0 Å². The van der Waals surface area contributed by atoms with Gasteiger partial charge in [0.15, 0.2) is 0 Å². The molecule has 256 valence electrons. The Morgan fingerprint density at radius 1 is 0.558 bits per heavy atom. The zero-order valence-corrected chi connectivity index (χ0v) is 31.1. The zero-order valence-electron chi connectivity index (χ0n) is 31.1. The Morgan fingerprint density at radius 3 is 1.88 bits per heavy atom. The summed E-state index contributed by atoms with van der Waals surface area (Å²) in [5.74, 6) is 0.915. The molecule has 9 aromatic rings. The fraction of sp³-hybridized carbons (Fsp3) is 0.196. The summed E-state index contributed by atoms with van der Waals surface area (Å²) in [5, 5.41) is 12.8. The molecule has 0 saturated heterocycles. The minimum atomic E-state index is -0.000934. The first-order valence-corrected chi connectivity index (χ1v) is 18.0. The van der Waals surface area contributed by atoms with Crippen molar-refractivity contribution in [1.29, 1.82) is 0 Å². The van der Waals surface area contributed by atoms with Crippen LogP contribution in [0.25, 0.3) is 77.9 Å². The maximum atomic E-state index is 5.37. The van der Waals surface area contributed by atoms with Crippen molar-refractivity contribution in [3.05, 3.63) is 137 Å². The van der Waals surface area contributed by atoms with Gasteiger partial charge >= 0.3 is 0 Å². The van der Waals surface area contributed by atoms with Crippen LogP contribution >= 0.6 is 0 Å². The van der Waals surface area contributed by atoms with E-state index in [4.69, 9.17) is 15.1 Å². The van der Waals surface area contributed by atoms with Gasteiger partial charge in [-0.15, -0.1) is 0 Å². The highest BCUT2D eigenvalue weighted by Gasteiger charge is 2.21. The topological polar surface area (TPSA) is 64.3 Å². The van der Waals surface area contributed by atoms with Gasteiger partial charge in [-0.25, -0.2) is 9.97 Å². The summed E-state index contributed by atoms with van der Waals surface area (Å²) in [7, 11) is 0. The number of benzene rings is 4. The number of aromatic nitrogens is 6. The molecular weight excluding hydrogens is 637 g/mol. The first-order chi connectivity index (χ1) is 25.0. The van der Waals surface area contributed by atoms with Crippen LogP contribution in [0.1, 0.15) is 54.2 Å². The van der Waals surface area contributed by atoms with Crippen molar-refractivity contribution in [3.63, 3.8) is 0 Å². The fourth-order valence-electron chi connectivity index (χ4n) is 8.07. The van der Waals surface area contributed by atoms with Gasteiger partial charge in [-0.3, -0.25) is 14.2 Å². The molecule has 0 saturated carbocycles. The van der Waals surface area contributed by atoms with E-state index < -0.39 is 0 Å². The highest BCUT2D eigenvalue weighted by Crippen LogP contribution is 2.38. The highest BCUT2D eigenvalue weighted by atomic mass is 15.1. The second-order valence-corrected chi connectivity index (χ2v) is 15.3. The van der Waals surface area contributed by atoms with E-state index in [-0.39, 0.29) is 5.41 Å². The molecule has 52 heavy (non-hydrogen) atoms. The molecule has 4 aromatic carbocycles. The molecule has 0 aliphatic carbocycles. The average molecular weight is 679 g/mol. The van der Waals surface area contributed by atoms with Crippen molar-refractivity contribution < 1.29 is 0 Å². The monoisotopic (exact) mass is 678 g/mol. The van der Waals surface area contributed by atoms with Crippen LogP contribution in [0.4, 0.5) is 0 Å². The van der Waals surface area contributed by atoms with Crippen LogP contribution in [-0.2, 0) is 5.41 Å². The number of para-hydroxylation sites is 2. The largest absolute Gasteiger partial charge is 0.294 e. The molecule has 0 bridgehead atoms. The number of H-pyrrole nitrogens is 1. The summed E-state index contributed by atoms with van der Waals surface area (Å²) in [6.45, 7) is 17.8. The number of nitrogens with one attached hydrogen (secondary N) is 1. The van der Waals surface area contributed by atoms with Crippen LogP contribution in [0, 0.1) is 34.6 Å². The van der Waals surface area contributed by atoms with E-state index in [1.165, 1.54) is 55.1 Å². The molecule has 0 unspecified atom stereocenters. The molecule has 0 aliphatic rings. The van der Waals surface area contributed by atoms with E-state index >= 15 is 0 Å². The van der Waals surface area contributed by atoms with Crippen molar-refractivity contribution in [2.45, 2.75) is 60.8 Å². The van der Waals surface area contributed by atoms with Crippen LogP contribution in [-0.4, -0.2) is 29.3 Å². The number of hydrogen-bond acceptors (Lipinski definition) is 3. The third kappa shape index (κ3) is 4.74. The molecule has 0 spiro atoms. The van der Waals surface area contributed by atoms with Gasteiger partial charge in [-0.2, -0.15) is 5.10 Å². The predicted molar refractivity (Wildman–Crippen MR) is 216 cm³/mol. The molecule has 5 heterocycles. The maximum absolute atomic E-state index is 5.37. The quantitative estimate of drug-likeness (QED) is 0.201. The zero-order chi connectivity index (χ0) is 36.1. The Morgan fingerprint density at radius 2 is 1.17 bits per heavy atom. The molecule has 5 aromatic heterocycles. The van der Waals surface area contributed by atoms with Gasteiger partial charge in [0, 0.05) is 39.0 Å². The Hall–Kier alpha value is -6.01. The summed E-state index contributed by atoms with van der Waals surface area (Å²) >= 11 is 0. The summed E-state index contributed by atoms with van der Waals surface area (Å²) < 4.78 is 4.60. The first-order valence-electron chi connectivity index (χ1n) is 18.0. The number of fused-ring (bicyclic) bond motifs is 6. The Kier molecular flexibility index (Phi) is 7.07. The van der Waals surface area contributed by atoms with Gasteiger partial charge in [0.2, 0.25) is 0 Å². The highest BCUT2D eigenvalue weighted by molar-refractivity contribution is 6.11. The smallest absolute Gasteiger partial charge is 0.146 e. The average Bonchev–Trinajstić information content (AvgIpc) is 3.85. The third-order valence-corrected chi connectivity index (χ3v) is 11.4. The van der Waals surface area contributed by atoms with Crippen LogP contribution in [0.2, 0.25) is 0 Å². The lowest BCUT2D eigenvalue weighted by atomic mass is 9.88. The lowest BCUT2D eigenvalue weighted by molar-refractivity contribution is 0.588. The number of pyridine rings is 2. The molecule has 0 aliphatic heterocycles. The predicted octanol–water partition coefficient (Wildman–Crippen LogP) is 11.6. The first kappa shape index (κ1) is 31.9. The summed E-state index contributed by atoms with van der Waals surface area (Å²) in [6, 6.07) is 34.8. The summed E-state index contributed by atoms with van der Waals surface area (Å²) in [6.07, 6.45) is 1.93. The molecule has 0 amide bonds. The van der Waals surface area contributed by atoms with E-state index in [1.54, 1.807) is 0 Å². The molecule has 9 rings (SSSR count). The van der Waals surface area contributed by atoms with Gasteiger partial charge < -0.3 is 0 Å². The number of hydrogen-bond donors (Lipinski definition) is 1. The van der Waals surface area contributed by atoms with E-state index in [1.807, 2.05) is 6.20 Å². The fourth-order valence-corrected chi connectivity index (χ4v) is 8.07. The Bertz CT molecular complexity index is 2860. The van der Waals surface area contributed by atoms with Gasteiger partial charge in [-0.1, -0.05) is 63.2 Å². The molecule has 0 fully saturated rings. The standard InChI is InChI=1S/C46H42N6/c1-26-27(2)29(4)44(30(5)28(26)3)39-25-38(49-50-39)37-20-19-36-34-14-10-11-15-40(34)51(45(36)48-37)32-17-18-35-33-13-9-12-16-41(33)52(42(35)24-32)43-23-31(21-22-47-43)46(6,7)8/h9-25H,1-8H3,(H,49,50). The SMILES string of the molecule is Cc1c(C)c(C)c(-c2cc(-c3ccc4c5ccccc5n(-c5ccc6c7ccccc7n(-c7cc(C(C)(C)C)ccn7)c6c5)c4n3)[nH]n2)c(C)c1C. The lowest BCUT2D eigenvalue weighted by Crippen LogP contribution is -2.12. The van der Waals surface area contributed by atoms with Crippen LogP contribution in [0.5, 0.6) is 0 Å². The minimum Gasteiger partial charge on any atom is -0.294 e. The van der Waals surface area contributed by atoms with Gasteiger partial charge in [0.05, 0.1) is 33.6 Å². The van der Waals surface area contributed by atoms with Crippen molar-refractivity contribution >= 4 is 43.7 Å². The minimum absolute atomic E-state index is 0.000934. The maximum Gasteiger partial charge on any atom is 0.146 e. The molecular formula is C46H42N6. The van der Waals surface area contributed by atoms with Crippen LogP contribution in [0.15, 0.2) is 103 Å². The molecule has 1 N–H and O–H groups in total. The van der Waals surface area contributed by atoms with Gasteiger partial charge in [0.1, 0.15) is 11.5 Å². The molecule has 0 radical (unpaired) electrons. The lowest BCUT2D eigenvalue weighted by Gasteiger charge is -2.20. The van der Waals surface area contributed by atoms with Crippen molar-refractivity contribution in [2.24, 2.45) is 0 Å². The van der Waals surface area contributed by atoms with Crippen molar-refractivity contribution in [1.82, 2.24) is 29.3 Å². The van der Waals surface area contributed by atoms with E-state index in [2.05, 4.69) is 167 Å². The van der Waals surface area contributed by atoms with Crippen LogP contribution in [0.3, 0.4) is 0 Å². The third-order valence-electron chi connectivity index (χ3n) is 11.4. The van der Waals surface area contributed by atoms with Crippen molar-refractivity contribution in [2.75, 3.05) is 0 Å². The van der Waals surface area contributed by atoms with E-state index in [0.717, 1.165) is 56.2 Å². The van der Waals surface area contributed by atoms with Crippen molar-refractivity contribution in [3.8, 4) is 34.2 Å². The van der Waals surface area contributed by atoms with Gasteiger partial charge in [-0.05, 0) is 128 Å². The van der Waals surface area contributed by atoms with E-state index in [9.17, 15) is 0 Å². The van der Waals surface area contributed by atoms with Crippen LogP contribution < -0.4 is 0 Å². The summed E-state index contributed by atoms with van der Waals surface area (Å²) in [5.41, 5.74) is 17.0. The number of nitrogens with zero attached hydrogens (tertiary/aromatic N) is 5. The Labute approximate surface area is 303 Å². The molecule has 0 atom stereocenters. The normalized spacial score (nSPS) is 12.2. The number of rotatable bonds is 4.